The number of para-hydroxylation sites is 5. The van der Waals surface area contributed by atoms with Crippen molar-refractivity contribution in [3.63, 3.8) is 0 Å². The van der Waals surface area contributed by atoms with Crippen LogP contribution in [0.15, 0.2) is 200 Å². The van der Waals surface area contributed by atoms with Gasteiger partial charge in [0.05, 0.1) is 10.5 Å². The molecule has 2 aromatic heterocycles. The Morgan fingerprint density at radius 2 is 1.13 bits per heavy atom. The van der Waals surface area contributed by atoms with E-state index in [2.05, 4.69) is 211 Å². The Hall–Kier alpha value is -8.00. The van der Waals surface area contributed by atoms with E-state index >= 15 is 0 Å². The lowest BCUT2D eigenvalue weighted by Gasteiger charge is -2.42. The Morgan fingerprint density at radius 3 is 1.85 bits per heavy atom. The minimum Gasteiger partial charge on any atom is -0.450 e. The molecule has 0 atom stereocenters. The van der Waals surface area contributed by atoms with Gasteiger partial charge in [-0.05, 0) is 106 Å². The third kappa shape index (κ3) is 5.68. The summed E-state index contributed by atoms with van der Waals surface area (Å²) in [4.78, 5) is 6.20. The minimum absolute atomic E-state index is 0.0747. The van der Waals surface area contributed by atoms with Gasteiger partial charge >= 0.3 is 6.85 Å². The molecule has 0 spiro atoms. The van der Waals surface area contributed by atoms with E-state index in [0.717, 1.165) is 50.7 Å². The highest BCUT2D eigenvalue weighted by Crippen LogP contribution is 2.54. The Kier molecular flexibility index (Phi) is 8.14. The molecular formula is C60H42BN3O2S. The van der Waals surface area contributed by atoms with Crippen LogP contribution < -0.4 is 30.2 Å². The Labute approximate surface area is 393 Å². The van der Waals surface area contributed by atoms with Crippen molar-refractivity contribution in [1.29, 1.82) is 0 Å². The second kappa shape index (κ2) is 14.3. The highest BCUT2D eigenvalue weighted by Gasteiger charge is 2.45. The average Bonchev–Trinajstić information content (AvgIpc) is 3.90. The molecular weight excluding hydrogens is 838 g/mol. The van der Waals surface area contributed by atoms with Gasteiger partial charge in [-0.3, -0.25) is 0 Å². The SMILES string of the molecule is CC(C)(C)c1ccc(N2c3cc4c(cc3B3c5c(cc(N(c6ccccc6)c6ccccc6)cc52)-c2cccc5c6c7ccccc7sc6n3c25)Oc2ccccc2O4)c(-c2ccccc2)c1. The van der Waals surface area contributed by atoms with Gasteiger partial charge in [-0.25, -0.2) is 0 Å². The van der Waals surface area contributed by atoms with Crippen molar-refractivity contribution in [3.8, 4) is 45.3 Å². The highest BCUT2D eigenvalue weighted by molar-refractivity contribution is 7.26. The topological polar surface area (TPSA) is 29.9 Å². The summed E-state index contributed by atoms with van der Waals surface area (Å²) < 4.78 is 17.6. The second-order valence-electron chi connectivity index (χ2n) is 18.9. The van der Waals surface area contributed by atoms with Crippen LogP contribution in [0.5, 0.6) is 23.0 Å². The van der Waals surface area contributed by atoms with Crippen LogP contribution in [0.2, 0.25) is 0 Å². The van der Waals surface area contributed by atoms with E-state index in [-0.39, 0.29) is 12.3 Å². The van der Waals surface area contributed by atoms with Crippen LogP contribution in [0, 0.1) is 0 Å². The van der Waals surface area contributed by atoms with Gasteiger partial charge in [0.2, 0.25) is 0 Å². The molecule has 0 saturated carbocycles. The Balaban J connectivity index is 1.15. The average molecular weight is 880 g/mol. The fourth-order valence-corrected chi connectivity index (χ4v) is 12.2. The van der Waals surface area contributed by atoms with Gasteiger partial charge in [0.1, 0.15) is 0 Å². The number of hydrogen-bond acceptors (Lipinski definition) is 5. The predicted molar refractivity (Wildman–Crippen MR) is 281 cm³/mol. The van der Waals surface area contributed by atoms with E-state index in [9.17, 15) is 0 Å². The van der Waals surface area contributed by atoms with Crippen molar-refractivity contribution in [1.82, 2.24) is 4.48 Å². The van der Waals surface area contributed by atoms with E-state index in [4.69, 9.17) is 9.47 Å². The lowest BCUT2D eigenvalue weighted by molar-refractivity contribution is 0.360. The smallest absolute Gasteiger partial charge is 0.333 e. The van der Waals surface area contributed by atoms with Crippen LogP contribution >= 0.6 is 11.3 Å². The molecule has 0 unspecified atom stereocenters. The standard InChI is InChI=1S/C60H42BN3O2S/c1-60(2,3)38-30-31-48(45(32-38)37-18-7-4-8-19-37)63-49-36-54-53(65-51-27-14-15-28-52(51)66-54)35-47(49)61-57-46(33-41(34-50(57)63)62(39-20-9-5-10-21-39)40-22-11-6-12-23-40)42-25-17-26-44-56-43-24-13-16-29-55(43)67-59(56)64(61)58(42)44/h4-36H,1-3H3. The molecule has 0 aliphatic carbocycles. The van der Waals surface area contributed by atoms with Gasteiger partial charge in [0, 0.05) is 72.0 Å². The number of nitrogens with zero attached hydrogens (tertiary/aromatic N) is 3. The molecule has 3 aliphatic rings. The van der Waals surface area contributed by atoms with E-state index in [1.807, 2.05) is 35.6 Å². The molecule has 3 aliphatic heterocycles. The first-order valence-electron chi connectivity index (χ1n) is 23.0. The molecule has 9 aromatic carbocycles. The van der Waals surface area contributed by atoms with Crippen LogP contribution in [-0.2, 0) is 5.41 Å². The van der Waals surface area contributed by atoms with Crippen LogP contribution in [0.1, 0.15) is 26.3 Å². The number of aromatic nitrogens is 1. The van der Waals surface area contributed by atoms with E-state index in [1.54, 1.807) is 0 Å². The van der Waals surface area contributed by atoms with Crippen molar-refractivity contribution in [3.05, 3.63) is 206 Å². The lowest BCUT2D eigenvalue weighted by Crippen LogP contribution is -2.56. The van der Waals surface area contributed by atoms with Crippen LogP contribution in [-0.4, -0.2) is 11.3 Å². The largest absolute Gasteiger partial charge is 0.450 e. The number of hydrogen-bond donors (Lipinski definition) is 0. The van der Waals surface area contributed by atoms with E-state index in [0.29, 0.717) is 23.0 Å². The summed E-state index contributed by atoms with van der Waals surface area (Å²) >= 11 is 1.89. The summed E-state index contributed by atoms with van der Waals surface area (Å²) in [6, 6.07) is 72.6. The lowest BCUT2D eigenvalue weighted by atomic mass is 9.45. The normalized spacial score (nSPS) is 13.2. The zero-order chi connectivity index (χ0) is 44.5. The van der Waals surface area contributed by atoms with Crippen molar-refractivity contribution in [2.75, 3.05) is 9.80 Å². The molecule has 7 heteroatoms. The van der Waals surface area contributed by atoms with E-state index in [1.165, 1.54) is 53.4 Å². The molecule has 0 amide bonds. The quantitative estimate of drug-likeness (QED) is 0.161. The summed E-state index contributed by atoms with van der Waals surface area (Å²) in [5, 5.41) is 3.87. The summed E-state index contributed by atoms with van der Waals surface area (Å²) in [6.07, 6.45) is 0. The maximum Gasteiger partial charge on any atom is 0.333 e. The van der Waals surface area contributed by atoms with Gasteiger partial charge < -0.3 is 23.8 Å². The minimum atomic E-state index is -0.199. The van der Waals surface area contributed by atoms with Gasteiger partial charge in [0.25, 0.3) is 0 Å². The molecule has 0 N–H and O–H groups in total. The maximum atomic E-state index is 6.82. The number of thiophene rings is 1. The molecule has 11 aromatic rings. The molecule has 318 valence electrons. The molecule has 0 saturated heterocycles. The third-order valence-electron chi connectivity index (χ3n) is 13.9. The monoisotopic (exact) mass is 879 g/mol. The maximum absolute atomic E-state index is 6.82. The number of benzene rings is 9. The second-order valence-corrected chi connectivity index (χ2v) is 19.9. The number of rotatable bonds is 5. The molecule has 0 radical (unpaired) electrons. The first kappa shape index (κ1) is 38.3. The Bertz CT molecular complexity index is 3780. The fraction of sp³-hybridized carbons (Fsp3) is 0.0667. The molecule has 14 rings (SSSR count). The Morgan fingerprint density at radius 1 is 0.493 bits per heavy atom. The van der Waals surface area contributed by atoms with Crippen molar-refractivity contribution in [2.24, 2.45) is 0 Å². The predicted octanol–water partition coefficient (Wildman–Crippen LogP) is 15.8. The van der Waals surface area contributed by atoms with Gasteiger partial charge in [-0.2, -0.15) is 0 Å². The molecule has 5 nitrogen and oxygen atoms in total. The van der Waals surface area contributed by atoms with E-state index < -0.39 is 0 Å². The van der Waals surface area contributed by atoms with Gasteiger partial charge in [-0.1, -0.05) is 142 Å². The molecule has 67 heavy (non-hydrogen) atoms. The summed E-state index contributed by atoms with van der Waals surface area (Å²) in [7, 11) is 0. The van der Waals surface area contributed by atoms with Crippen molar-refractivity contribution >= 4 is 94.4 Å². The summed E-state index contributed by atoms with van der Waals surface area (Å²) in [5.41, 5.74) is 16.1. The number of anilines is 6. The highest BCUT2D eigenvalue weighted by atomic mass is 32.1. The third-order valence-corrected chi connectivity index (χ3v) is 15.1. The molecule has 0 bridgehead atoms. The molecule has 0 fully saturated rings. The van der Waals surface area contributed by atoms with Crippen LogP contribution in [0.3, 0.4) is 0 Å². The van der Waals surface area contributed by atoms with Crippen LogP contribution in [0.25, 0.3) is 53.5 Å². The zero-order valence-corrected chi connectivity index (χ0v) is 38.0. The number of ether oxygens (including phenoxy) is 2. The van der Waals surface area contributed by atoms with Crippen LogP contribution in [0.4, 0.5) is 34.1 Å². The van der Waals surface area contributed by atoms with Crippen molar-refractivity contribution in [2.45, 2.75) is 26.2 Å². The first-order valence-corrected chi connectivity index (χ1v) is 23.8. The summed E-state index contributed by atoms with van der Waals surface area (Å²) in [5.74, 6) is 2.81. The fourth-order valence-electron chi connectivity index (χ4n) is 10.9. The van der Waals surface area contributed by atoms with Crippen molar-refractivity contribution < 1.29 is 9.47 Å². The number of fused-ring (bicyclic) bond motifs is 11. The van der Waals surface area contributed by atoms with Gasteiger partial charge in [0.15, 0.2) is 23.0 Å². The van der Waals surface area contributed by atoms with Gasteiger partial charge in [-0.15, -0.1) is 11.3 Å². The molecule has 5 heterocycles. The summed E-state index contributed by atoms with van der Waals surface area (Å²) in [6.45, 7) is 6.69. The zero-order valence-electron chi connectivity index (χ0n) is 37.2. The first-order chi connectivity index (χ1) is 32.9.